The number of hydrogen-bond donors (Lipinski definition) is 1. The highest BCUT2D eigenvalue weighted by atomic mass is 16.5. The SMILES string of the molecule is CCC(O)CN(C)CC(C)Cc1ccc(OC)cc1. The summed E-state index contributed by atoms with van der Waals surface area (Å²) < 4.78 is 5.16. The zero-order valence-corrected chi connectivity index (χ0v) is 12.6. The van der Waals surface area contributed by atoms with Gasteiger partial charge in [0, 0.05) is 13.1 Å². The fourth-order valence-corrected chi connectivity index (χ4v) is 2.32. The van der Waals surface area contributed by atoms with E-state index in [1.54, 1.807) is 7.11 Å². The van der Waals surface area contributed by atoms with Gasteiger partial charge in [0.25, 0.3) is 0 Å². The van der Waals surface area contributed by atoms with Crippen molar-refractivity contribution in [3.8, 4) is 5.75 Å². The smallest absolute Gasteiger partial charge is 0.118 e. The predicted octanol–water partition coefficient (Wildman–Crippen LogP) is 2.58. The van der Waals surface area contributed by atoms with E-state index in [2.05, 4.69) is 31.0 Å². The average Bonchev–Trinajstić information content (AvgIpc) is 2.39. The van der Waals surface area contributed by atoms with Crippen LogP contribution >= 0.6 is 0 Å². The zero-order valence-electron chi connectivity index (χ0n) is 12.6. The summed E-state index contributed by atoms with van der Waals surface area (Å²) in [4.78, 5) is 2.21. The number of aliphatic hydroxyl groups is 1. The van der Waals surface area contributed by atoms with Gasteiger partial charge < -0.3 is 14.7 Å². The van der Waals surface area contributed by atoms with Crippen LogP contribution in [0.25, 0.3) is 0 Å². The lowest BCUT2D eigenvalue weighted by Gasteiger charge is -2.23. The Morgan fingerprint density at radius 2 is 1.84 bits per heavy atom. The summed E-state index contributed by atoms with van der Waals surface area (Å²) in [6, 6.07) is 8.26. The van der Waals surface area contributed by atoms with Crippen LogP contribution in [0.2, 0.25) is 0 Å². The second kappa shape index (κ2) is 8.18. The maximum atomic E-state index is 9.63. The molecule has 0 aliphatic carbocycles. The highest BCUT2D eigenvalue weighted by Gasteiger charge is 2.10. The van der Waals surface area contributed by atoms with E-state index in [9.17, 15) is 5.11 Å². The van der Waals surface area contributed by atoms with Gasteiger partial charge in [-0.05, 0) is 43.5 Å². The van der Waals surface area contributed by atoms with Gasteiger partial charge in [-0.2, -0.15) is 0 Å². The molecule has 0 fully saturated rings. The summed E-state index contributed by atoms with van der Waals surface area (Å²) in [5, 5.41) is 9.63. The van der Waals surface area contributed by atoms with Crippen LogP contribution in [0.4, 0.5) is 0 Å². The van der Waals surface area contributed by atoms with Crippen LogP contribution in [0.15, 0.2) is 24.3 Å². The Hall–Kier alpha value is -1.06. The van der Waals surface area contributed by atoms with Crippen molar-refractivity contribution in [3.05, 3.63) is 29.8 Å². The zero-order chi connectivity index (χ0) is 14.3. The lowest BCUT2D eigenvalue weighted by molar-refractivity contribution is 0.115. The topological polar surface area (TPSA) is 32.7 Å². The Morgan fingerprint density at radius 3 is 2.37 bits per heavy atom. The van der Waals surface area contributed by atoms with Gasteiger partial charge in [0.05, 0.1) is 13.2 Å². The summed E-state index contributed by atoms with van der Waals surface area (Å²) in [6.45, 7) is 6.02. The molecule has 3 nitrogen and oxygen atoms in total. The highest BCUT2D eigenvalue weighted by Crippen LogP contribution is 2.15. The molecule has 0 aromatic heterocycles. The summed E-state index contributed by atoms with van der Waals surface area (Å²) in [5.74, 6) is 1.47. The van der Waals surface area contributed by atoms with Gasteiger partial charge in [0.1, 0.15) is 5.75 Å². The standard InChI is InChI=1S/C16H27NO2/c1-5-15(18)12-17(3)11-13(2)10-14-6-8-16(19-4)9-7-14/h6-9,13,15,18H,5,10-12H2,1-4H3. The fraction of sp³-hybridized carbons (Fsp3) is 0.625. The molecule has 0 spiro atoms. The highest BCUT2D eigenvalue weighted by molar-refractivity contribution is 5.27. The second-order valence-electron chi connectivity index (χ2n) is 5.44. The molecule has 0 radical (unpaired) electrons. The lowest BCUT2D eigenvalue weighted by Crippen LogP contribution is -2.32. The van der Waals surface area contributed by atoms with Crippen molar-refractivity contribution in [2.75, 3.05) is 27.2 Å². The van der Waals surface area contributed by atoms with Gasteiger partial charge >= 0.3 is 0 Å². The number of benzene rings is 1. The molecular formula is C16H27NO2. The number of likely N-dealkylation sites (N-methyl/N-ethyl adjacent to an activating group) is 1. The van der Waals surface area contributed by atoms with Gasteiger partial charge in [-0.25, -0.2) is 0 Å². The Morgan fingerprint density at radius 1 is 1.21 bits per heavy atom. The van der Waals surface area contributed by atoms with Crippen LogP contribution in [0, 0.1) is 5.92 Å². The molecular weight excluding hydrogens is 238 g/mol. The Balaban J connectivity index is 2.39. The van der Waals surface area contributed by atoms with Gasteiger partial charge in [-0.15, -0.1) is 0 Å². The second-order valence-corrected chi connectivity index (χ2v) is 5.44. The number of nitrogens with zero attached hydrogens (tertiary/aromatic N) is 1. The van der Waals surface area contributed by atoms with Crippen LogP contribution in [-0.4, -0.2) is 43.4 Å². The van der Waals surface area contributed by atoms with E-state index in [1.807, 2.05) is 19.1 Å². The number of rotatable bonds is 8. The Bertz CT molecular complexity index is 350. The Kier molecular flexibility index (Phi) is 6.89. The number of ether oxygens (including phenoxy) is 1. The van der Waals surface area contributed by atoms with Gasteiger partial charge in [-0.3, -0.25) is 0 Å². The van der Waals surface area contributed by atoms with E-state index < -0.39 is 0 Å². The van der Waals surface area contributed by atoms with Crippen molar-refractivity contribution in [1.82, 2.24) is 4.90 Å². The van der Waals surface area contributed by atoms with E-state index in [0.29, 0.717) is 5.92 Å². The molecule has 0 heterocycles. The lowest BCUT2D eigenvalue weighted by atomic mass is 10.0. The van der Waals surface area contributed by atoms with Gasteiger partial charge in [-0.1, -0.05) is 26.0 Å². The number of methoxy groups -OCH3 is 1. The molecule has 2 unspecified atom stereocenters. The first-order valence-electron chi connectivity index (χ1n) is 7.04. The van der Waals surface area contributed by atoms with E-state index in [1.165, 1.54) is 5.56 Å². The minimum Gasteiger partial charge on any atom is -0.497 e. The first-order valence-corrected chi connectivity index (χ1v) is 7.04. The third kappa shape index (κ3) is 6.08. The molecule has 0 amide bonds. The van der Waals surface area contributed by atoms with Crippen molar-refractivity contribution in [1.29, 1.82) is 0 Å². The quantitative estimate of drug-likeness (QED) is 0.784. The molecule has 1 aromatic carbocycles. The van der Waals surface area contributed by atoms with E-state index in [0.717, 1.165) is 31.7 Å². The van der Waals surface area contributed by atoms with Crippen molar-refractivity contribution in [3.63, 3.8) is 0 Å². The molecule has 1 N–H and O–H groups in total. The molecule has 3 heteroatoms. The summed E-state index contributed by atoms with van der Waals surface area (Å²) in [6.07, 6.45) is 1.66. The van der Waals surface area contributed by atoms with Crippen LogP contribution in [0.1, 0.15) is 25.8 Å². The molecule has 108 valence electrons. The molecule has 0 aliphatic rings. The largest absolute Gasteiger partial charge is 0.497 e. The molecule has 2 atom stereocenters. The third-order valence-electron chi connectivity index (χ3n) is 3.36. The maximum Gasteiger partial charge on any atom is 0.118 e. The first kappa shape index (κ1) is 16.0. The number of hydrogen-bond acceptors (Lipinski definition) is 3. The fourth-order valence-electron chi connectivity index (χ4n) is 2.32. The molecule has 1 rings (SSSR count). The monoisotopic (exact) mass is 265 g/mol. The van der Waals surface area contributed by atoms with Crippen LogP contribution in [0.3, 0.4) is 0 Å². The molecule has 0 saturated carbocycles. The average molecular weight is 265 g/mol. The summed E-state index contributed by atoms with van der Waals surface area (Å²) in [5.41, 5.74) is 1.33. The molecule has 0 aliphatic heterocycles. The van der Waals surface area contributed by atoms with Crippen LogP contribution in [-0.2, 0) is 6.42 Å². The third-order valence-corrected chi connectivity index (χ3v) is 3.36. The minimum absolute atomic E-state index is 0.210. The minimum atomic E-state index is -0.210. The normalized spacial score (nSPS) is 14.4. The molecule has 0 saturated heterocycles. The van der Waals surface area contributed by atoms with E-state index in [4.69, 9.17) is 4.74 Å². The van der Waals surface area contributed by atoms with Crippen LogP contribution in [0.5, 0.6) is 5.75 Å². The Labute approximate surface area is 117 Å². The van der Waals surface area contributed by atoms with E-state index in [-0.39, 0.29) is 6.10 Å². The summed E-state index contributed by atoms with van der Waals surface area (Å²) in [7, 11) is 3.76. The van der Waals surface area contributed by atoms with Crippen molar-refractivity contribution in [2.24, 2.45) is 5.92 Å². The first-order chi connectivity index (χ1) is 9.05. The number of aliphatic hydroxyl groups excluding tert-OH is 1. The predicted molar refractivity (Wildman–Crippen MR) is 79.7 cm³/mol. The van der Waals surface area contributed by atoms with Crippen molar-refractivity contribution >= 4 is 0 Å². The van der Waals surface area contributed by atoms with E-state index >= 15 is 0 Å². The molecule has 0 bridgehead atoms. The van der Waals surface area contributed by atoms with Gasteiger partial charge in [0.2, 0.25) is 0 Å². The molecule has 1 aromatic rings. The van der Waals surface area contributed by atoms with Crippen molar-refractivity contribution in [2.45, 2.75) is 32.8 Å². The van der Waals surface area contributed by atoms with Gasteiger partial charge in [0.15, 0.2) is 0 Å². The molecule has 19 heavy (non-hydrogen) atoms. The van der Waals surface area contributed by atoms with Crippen molar-refractivity contribution < 1.29 is 9.84 Å². The van der Waals surface area contributed by atoms with Crippen LogP contribution < -0.4 is 4.74 Å². The summed E-state index contributed by atoms with van der Waals surface area (Å²) >= 11 is 0. The maximum absolute atomic E-state index is 9.63.